The van der Waals surface area contributed by atoms with Crippen LogP contribution in [0, 0.1) is 0 Å². The quantitative estimate of drug-likeness (QED) is 0.691. The monoisotopic (exact) mass is 339 g/mol. The molecule has 0 aliphatic rings. The Bertz CT molecular complexity index is 892. The molecule has 24 heavy (non-hydrogen) atoms. The molecule has 3 rings (SSSR count). The molecule has 4 nitrogen and oxygen atoms in total. The second-order valence-corrected chi connectivity index (χ2v) is 7.55. The van der Waals surface area contributed by atoms with Crippen molar-refractivity contribution in [3.63, 3.8) is 0 Å². The second kappa shape index (κ2) is 6.84. The maximum Gasteiger partial charge on any atom is 0.202 e. The minimum atomic E-state index is -3.52. The Hall–Kier alpha value is -2.66. The molecule has 0 aliphatic carbocycles. The lowest BCUT2D eigenvalue weighted by atomic mass is 10.1. The van der Waals surface area contributed by atoms with Gasteiger partial charge in [0.05, 0.1) is 5.25 Å². The molecule has 0 aliphatic heterocycles. The van der Waals surface area contributed by atoms with Crippen LogP contribution in [0.3, 0.4) is 0 Å². The van der Waals surface area contributed by atoms with Crippen molar-refractivity contribution in [1.82, 2.24) is 4.98 Å². The number of pyridine rings is 1. The summed E-state index contributed by atoms with van der Waals surface area (Å²) in [6.45, 7) is 1.66. The topological polar surface area (TPSA) is 56.3 Å². The van der Waals surface area contributed by atoms with Crippen molar-refractivity contribution in [3.8, 4) is 11.5 Å². The number of hydrogen-bond donors (Lipinski definition) is 0. The molecule has 0 bridgehead atoms. The molecule has 122 valence electrons. The molecule has 3 aromatic rings. The van der Waals surface area contributed by atoms with Crippen LogP contribution in [0.4, 0.5) is 0 Å². The number of hydrogen-bond acceptors (Lipinski definition) is 4. The first-order valence-corrected chi connectivity index (χ1v) is 9.10. The number of para-hydroxylation sites is 1. The van der Waals surface area contributed by atoms with Gasteiger partial charge in [0.1, 0.15) is 11.5 Å². The molecule has 0 radical (unpaired) electrons. The van der Waals surface area contributed by atoms with Crippen LogP contribution in [0.5, 0.6) is 11.5 Å². The van der Waals surface area contributed by atoms with E-state index in [4.69, 9.17) is 4.74 Å². The van der Waals surface area contributed by atoms with Crippen molar-refractivity contribution in [3.05, 3.63) is 84.6 Å². The highest BCUT2D eigenvalue weighted by molar-refractivity contribution is 7.91. The summed E-state index contributed by atoms with van der Waals surface area (Å²) >= 11 is 0. The number of nitrogens with zero attached hydrogens (tertiary/aromatic N) is 1. The predicted molar refractivity (Wildman–Crippen MR) is 92.8 cm³/mol. The molecule has 1 unspecified atom stereocenters. The summed E-state index contributed by atoms with van der Waals surface area (Å²) < 4.78 is 31.0. The van der Waals surface area contributed by atoms with Gasteiger partial charge in [0.2, 0.25) is 9.84 Å². The maximum atomic E-state index is 12.6. The molecule has 0 N–H and O–H groups in total. The molecule has 1 atom stereocenters. The van der Waals surface area contributed by atoms with E-state index >= 15 is 0 Å². The van der Waals surface area contributed by atoms with Crippen LogP contribution in [-0.4, -0.2) is 13.4 Å². The molecule has 5 heteroatoms. The first-order chi connectivity index (χ1) is 11.6. The molecular weight excluding hydrogens is 322 g/mol. The Labute approximate surface area is 141 Å². The lowest BCUT2D eigenvalue weighted by molar-refractivity contribution is 0.482. The molecule has 0 saturated carbocycles. The van der Waals surface area contributed by atoms with Gasteiger partial charge in [0.15, 0.2) is 5.03 Å². The summed E-state index contributed by atoms with van der Waals surface area (Å²) in [7, 11) is -3.52. The highest BCUT2D eigenvalue weighted by atomic mass is 32.2. The van der Waals surface area contributed by atoms with Crippen LogP contribution < -0.4 is 4.74 Å². The number of sulfone groups is 1. The van der Waals surface area contributed by atoms with Crippen molar-refractivity contribution < 1.29 is 13.2 Å². The maximum absolute atomic E-state index is 12.6. The van der Waals surface area contributed by atoms with E-state index in [0.29, 0.717) is 11.3 Å². The zero-order valence-corrected chi connectivity index (χ0v) is 14.0. The number of benzene rings is 2. The largest absolute Gasteiger partial charge is 0.457 e. The van der Waals surface area contributed by atoms with Crippen LogP contribution in [0.1, 0.15) is 17.7 Å². The number of aromatic nitrogens is 1. The number of ether oxygens (including phenoxy) is 1. The van der Waals surface area contributed by atoms with Gasteiger partial charge in [-0.1, -0.05) is 36.4 Å². The average molecular weight is 339 g/mol. The predicted octanol–water partition coefficient (Wildman–Crippen LogP) is 4.41. The average Bonchev–Trinajstić information content (AvgIpc) is 2.63. The smallest absolute Gasteiger partial charge is 0.202 e. The van der Waals surface area contributed by atoms with Gasteiger partial charge in [0, 0.05) is 6.20 Å². The lowest BCUT2D eigenvalue weighted by Crippen LogP contribution is -2.12. The highest BCUT2D eigenvalue weighted by Crippen LogP contribution is 2.29. The molecule has 1 heterocycles. The summed E-state index contributed by atoms with van der Waals surface area (Å²) in [5, 5.41) is -0.597. The normalized spacial score (nSPS) is 12.5. The van der Waals surface area contributed by atoms with Gasteiger partial charge >= 0.3 is 0 Å². The van der Waals surface area contributed by atoms with E-state index in [2.05, 4.69) is 4.98 Å². The minimum absolute atomic E-state index is 0.0853. The van der Waals surface area contributed by atoms with Gasteiger partial charge in [-0.05, 0) is 48.9 Å². The Morgan fingerprint density at radius 3 is 2.08 bits per heavy atom. The summed E-state index contributed by atoms with van der Waals surface area (Å²) in [5.41, 5.74) is 0.695. The van der Waals surface area contributed by atoms with Crippen molar-refractivity contribution in [1.29, 1.82) is 0 Å². The van der Waals surface area contributed by atoms with Gasteiger partial charge in [-0.2, -0.15) is 0 Å². The van der Waals surface area contributed by atoms with Crippen molar-refractivity contribution in [2.24, 2.45) is 0 Å². The van der Waals surface area contributed by atoms with E-state index in [1.165, 1.54) is 12.3 Å². The van der Waals surface area contributed by atoms with Crippen LogP contribution >= 0.6 is 0 Å². The fraction of sp³-hybridized carbons (Fsp3) is 0.105. The third-order valence-corrected chi connectivity index (χ3v) is 5.75. The Morgan fingerprint density at radius 2 is 1.46 bits per heavy atom. The third-order valence-electron chi connectivity index (χ3n) is 3.72. The Balaban J connectivity index is 1.80. The molecule has 2 aromatic carbocycles. The standard InChI is InChI=1S/C19H17NO3S/c1-15(24(21,22)19-9-5-6-14-20-19)16-10-12-18(13-11-16)23-17-7-3-2-4-8-17/h2-15H,1H3. The van der Waals surface area contributed by atoms with Gasteiger partial charge in [-0.25, -0.2) is 13.4 Å². The second-order valence-electron chi connectivity index (χ2n) is 5.34. The summed E-state index contributed by atoms with van der Waals surface area (Å²) in [6, 6.07) is 21.4. The summed E-state index contributed by atoms with van der Waals surface area (Å²) in [5.74, 6) is 1.40. The molecule has 0 spiro atoms. The number of rotatable bonds is 5. The van der Waals surface area contributed by atoms with E-state index in [0.717, 1.165) is 5.75 Å². The highest BCUT2D eigenvalue weighted by Gasteiger charge is 2.25. The van der Waals surface area contributed by atoms with Crippen LogP contribution in [-0.2, 0) is 9.84 Å². The van der Waals surface area contributed by atoms with Gasteiger partial charge < -0.3 is 4.74 Å². The first kappa shape index (κ1) is 16.2. The van der Waals surface area contributed by atoms with E-state index in [9.17, 15) is 8.42 Å². The summed E-state index contributed by atoms with van der Waals surface area (Å²) in [6.07, 6.45) is 1.48. The van der Waals surface area contributed by atoms with E-state index in [-0.39, 0.29) is 5.03 Å². The van der Waals surface area contributed by atoms with Gasteiger partial charge in [-0.3, -0.25) is 0 Å². The zero-order chi connectivity index (χ0) is 17.0. The van der Waals surface area contributed by atoms with Crippen molar-refractivity contribution in [2.45, 2.75) is 17.2 Å². The van der Waals surface area contributed by atoms with Gasteiger partial charge in [0.25, 0.3) is 0 Å². The van der Waals surface area contributed by atoms with Crippen LogP contribution in [0.25, 0.3) is 0 Å². The molecule has 1 aromatic heterocycles. The molecule has 0 saturated heterocycles. The van der Waals surface area contributed by atoms with E-state index in [1.54, 1.807) is 43.3 Å². The molecule has 0 fully saturated rings. The van der Waals surface area contributed by atoms with Crippen LogP contribution in [0.2, 0.25) is 0 Å². The molecular formula is C19H17NO3S. The Morgan fingerprint density at radius 1 is 0.833 bits per heavy atom. The molecule has 0 amide bonds. The summed E-state index contributed by atoms with van der Waals surface area (Å²) in [4.78, 5) is 3.96. The van der Waals surface area contributed by atoms with E-state index in [1.807, 2.05) is 30.3 Å². The fourth-order valence-corrected chi connectivity index (χ4v) is 3.66. The SMILES string of the molecule is CC(c1ccc(Oc2ccccc2)cc1)S(=O)(=O)c1ccccn1. The van der Waals surface area contributed by atoms with E-state index < -0.39 is 15.1 Å². The van der Waals surface area contributed by atoms with Gasteiger partial charge in [-0.15, -0.1) is 0 Å². The minimum Gasteiger partial charge on any atom is -0.457 e. The fourth-order valence-electron chi connectivity index (χ4n) is 2.31. The lowest BCUT2D eigenvalue weighted by Gasteiger charge is -2.13. The van der Waals surface area contributed by atoms with Crippen LogP contribution in [0.15, 0.2) is 84.0 Å². The van der Waals surface area contributed by atoms with Crippen molar-refractivity contribution in [2.75, 3.05) is 0 Å². The zero-order valence-electron chi connectivity index (χ0n) is 13.2. The third kappa shape index (κ3) is 3.46. The Kier molecular flexibility index (Phi) is 4.62. The van der Waals surface area contributed by atoms with Crippen molar-refractivity contribution >= 4 is 9.84 Å². The first-order valence-electron chi connectivity index (χ1n) is 7.55.